The van der Waals surface area contributed by atoms with Gasteiger partial charge in [-0.2, -0.15) is 5.10 Å². The average Bonchev–Trinajstić information content (AvgIpc) is 3.11. The van der Waals surface area contributed by atoms with Gasteiger partial charge in [-0.15, -0.1) is 24.0 Å². The van der Waals surface area contributed by atoms with Crippen LogP contribution in [0.3, 0.4) is 0 Å². The van der Waals surface area contributed by atoms with Gasteiger partial charge in [0, 0.05) is 38.8 Å². The standard InChI is InChI=1S/C18H26ClN7O.HI/c1-20-18(22-12-17-23-13-24-25(17)2)21-11-16(26-7-9-27-10-8-26)14-5-3-4-6-15(14)19;/h3-6,13,16H,7-12H2,1-2H3,(H2,20,21,22);1H. The molecule has 0 aliphatic carbocycles. The molecule has 0 saturated carbocycles. The molecule has 154 valence electrons. The van der Waals surface area contributed by atoms with E-state index in [1.165, 1.54) is 0 Å². The lowest BCUT2D eigenvalue weighted by molar-refractivity contribution is 0.0170. The van der Waals surface area contributed by atoms with Crippen molar-refractivity contribution in [1.29, 1.82) is 0 Å². The normalized spacial score (nSPS) is 16.3. The molecular weight excluding hydrogens is 493 g/mol. The van der Waals surface area contributed by atoms with Gasteiger partial charge >= 0.3 is 0 Å². The number of hydrogen-bond acceptors (Lipinski definition) is 5. The van der Waals surface area contributed by atoms with E-state index >= 15 is 0 Å². The number of morpholine rings is 1. The Morgan fingerprint density at radius 3 is 2.68 bits per heavy atom. The summed E-state index contributed by atoms with van der Waals surface area (Å²) in [7, 11) is 3.62. The van der Waals surface area contributed by atoms with Gasteiger partial charge in [0.05, 0.1) is 25.8 Å². The molecule has 1 aliphatic rings. The molecule has 1 aromatic carbocycles. The zero-order valence-corrected chi connectivity index (χ0v) is 19.2. The number of aliphatic imine (C=N–C) groups is 1. The molecule has 1 atom stereocenters. The van der Waals surface area contributed by atoms with Crippen LogP contribution < -0.4 is 10.6 Å². The predicted molar refractivity (Wildman–Crippen MR) is 121 cm³/mol. The molecule has 1 aromatic heterocycles. The number of aryl methyl sites for hydroxylation is 1. The van der Waals surface area contributed by atoms with Gasteiger partial charge in [-0.25, -0.2) is 4.98 Å². The second kappa shape index (κ2) is 11.5. The van der Waals surface area contributed by atoms with Crippen LogP contribution in [0.25, 0.3) is 0 Å². The Balaban J connectivity index is 0.00000280. The third-order valence-corrected chi connectivity index (χ3v) is 5.00. The molecule has 1 fully saturated rings. The van der Waals surface area contributed by atoms with E-state index < -0.39 is 0 Å². The third kappa shape index (κ3) is 6.03. The molecule has 2 aromatic rings. The average molecular weight is 520 g/mol. The summed E-state index contributed by atoms with van der Waals surface area (Å²) >= 11 is 6.48. The maximum atomic E-state index is 6.48. The first-order valence-corrected chi connectivity index (χ1v) is 9.40. The first-order chi connectivity index (χ1) is 13.2. The Labute approximate surface area is 187 Å². The first kappa shape index (κ1) is 22.9. The molecule has 2 heterocycles. The van der Waals surface area contributed by atoms with Crippen LogP contribution in [0.2, 0.25) is 5.02 Å². The fraction of sp³-hybridized carbons (Fsp3) is 0.500. The summed E-state index contributed by atoms with van der Waals surface area (Å²) in [5, 5.41) is 11.5. The number of nitrogens with zero attached hydrogens (tertiary/aromatic N) is 5. The number of hydrogen-bond donors (Lipinski definition) is 2. The van der Waals surface area contributed by atoms with Crippen molar-refractivity contribution in [2.45, 2.75) is 12.6 Å². The Morgan fingerprint density at radius 2 is 2.04 bits per heavy atom. The maximum absolute atomic E-state index is 6.48. The fourth-order valence-electron chi connectivity index (χ4n) is 3.13. The molecule has 1 unspecified atom stereocenters. The zero-order chi connectivity index (χ0) is 19.1. The van der Waals surface area contributed by atoms with Crippen LogP contribution in [-0.4, -0.2) is 65.5 Å². The largest absolute Gasteiger partial charge is 0.379 e. The van der Waals surface area contributed by atoms with Crippen LogP contribution in [0.5, 0.6) is 0 Å². The van der Waals surface area contributed by atoms with E-state index in [9.17, 15) is 0 Å². The summed E-state index contributed by atoms with van der Waals surface area (Å²) in [4.78, 5) is 10.9. The van der Waals surface area contributed by atoms with E-state index in [0.29, 0.717) is 19.0 Å². The number of aromatic nitrogens is 3. The second-order valence-corrected chi connectivity index (χ2v) is 6.70. The Bertz CT molecular complexity index is 764. The molecule has 28 heavy (non-hydrogen) atoms. The van der Waals surface area contributed by atoms with Crippen LogP contribution in [0.15, 0.2) is 35.6 Å². The van der Waals surface area contributed by atoms with Crippen molar-refractivity contribution in [3.63, 3.8) is 0 Å². The van der Waals surface area contributed by atoms with Crippen molar-refractivity contribution >= 4 is 41.5 Å². The van der Waals surface area contributed by atoms with Crippen LogP contribution in [-0.2, 0) is 18.3 Å². The van der Waals surface area contributed by atoms with Gasteiger partial charge < -0.3 is 15.4 Å². The van der Waals surface area contributed by atoms with Gasteiger partial charge in [0.25, 0.3) is 0 Å². The molecule has 10 heteroatoms. The minimum absolute atomic E-state index is 0. The molecule has 1 aliphatic heterocycles. The highest BCUT2D eigenvalue weighted by molar-refractivity contribution is 14.0. The van der Waals surface area contributed by atoms with Gasteiger partial charge in [0.1, 0.15) is 12.2 Å². The van der Waals surface area contributed by atoms with Crippen LogP contribution >= 0.6 is 35.6 Å². The van der Waals surface area contributed by atoms with Crippen LogP contribution in [0.1, 0.15) is 17.4 Å². The van der Waals surface area contributed by atoms with E-state index in [1.54, 1.807) is 18.1 Å². The molecule has 0 spiro atoms. The second-order valence-electron chi connectivity index (χ2n) is 6.29. The van der Waals surface area contributed by atoms with E-state index in [1.807, 2.05) is 25.2 Å². The van der Waals surface area contributed by atoms with Gasteiger partial charge in [-0.05, 0) is 11.6 Å². The molecule has 0 amide bonds. The maximum Gasteiger partial charge on any atom is 0.191 e. The number of ether oxygens (including phenoxy) is 1. The van der Waals surface area contributed by atoms with Gasteiger partial charge in [0.15, 0.2) is 5.96 Å². The van der Waals surface area contributed by atoms with E-state index in [4.69, 9.17) is 16.3 Å². The highest BCUT2D eigenvalue weighted by Crippen LogP contribution is 2.27. The predicted octanol–water partition coefficient (Wildman–Crippen LogP) is 1.82. The van der Waals surface area contributed by atoms with Crippen molar-refractivity contribution in [2.75, 3.05) is 39.9 Å². The molecule has 2 N–H and O–H groups in total. The molecule has 0 radical (unpaired) electrons. The third-order valence-electron chi connectivity index (χ3n) is 4.66. The van der Waals surface area contributed by atoms with Crippen molar-refractivity contribution in [3.05, 3.63) is 47.0 Å². The summed E-state index contributed by atoms with van der Waals surface area (Å²) in [6.07, 6.45) is 1.54. The van der Waals surface area contributed by atoms with Gasteiger partial charge in [0.2, 0.25) is 0 Å². The topological polar surface area (TPSA) is 79.6 Å². The van der Waals surface area contributed by atoms with Gasteiger partial charge in [-0.3, -0.25) is 14.6 Å². The number of nitrogens with one attached hydrogen (secondary N) is 2. The zero-order valence-electron chi connectivity index (χ0n) is 16.1. The minimum Gasteiger partial charge on any atom is -0.379 e. The highest BCUT2D eigenvalue weighted by Gasteiger charge is 2.24. The quantitative estimate of drug-likeness (QED) is 0.344. The SMILES string of the molecule is CN=C(NCc1ncnn1C)NCC(c1ccccc1Cl)N1CCOCC1.I. The summed E-state index contributed by atoms with van der Waals surface area (Å²) in [6, 6.07) is 8.13. The minimum atomic E-state index is 0. The molecular formula is C18H27ClIN7O. The number of benzene rings is 1. The van der Waals surface area contributed by atoms with E-state index in [-0.39, 0.29) is 30.0 Å². The van der Waals surface area contributed by atoms with Crippen LogP contribution in [0, 0.1) is 0 Å². The highest BCUT2D eigenvalue weighted by atomic mass is 127. The Morgan fingerprint density at radius 1 is 1.29 bits per heavy atom. The first-order valence-electron chi connectivity index (χ1n) is 9.02. The molecule has 3 rings (SSSR count). The summed E-state index contributed by atoms with van der Waals surface area (Å²) in [5.74, 6) is 1.55. The van der Waals surface area contributed by atoms with Crippen molar-refractivity contribution in [1.82, 2.24) is 30.3 Å². The van der Waals surface area contributed by atoms with Gasteiger partial charge in [-0.1, -0.05) is 29.8 Å². The molecule has 1 saturated heterocycles. The lowest BCUT2D eigenvalue weighted by Gasteiger charge is -2.35. The lowest BCUT2D eigenvalue weighted by Crippen LogP contribution is -2.46. The summed E-state index contributed by atoms with van der Waals surface area (Å²) in [6.45, 7) is 4.46. The number of rotatable bonds is 6. The van der Waals surface area contributed by atoms with E-state index in [2.05, 4.69) is 36.7 Å². The smallest absolute Gasteiger partial charge is 0.191 e. The molecule has 8 nitrogen and oxygen atoms in total. The fourth-order valence-corrected chi connectivity index (χ4v) is 3.39. The van der Waals surface area contributed by atoms with Crippen molar-refractivity contribution in [3.8, 4) is 0 Å². The Hall–Kier alpha value is -1.43. The lowest BCUT2D eigenvalue weighted by atomic mass is 10.0. The Kier molecular flexibility index (Phi) is 9.42. The van der Waals surface area contributed by atoms with Crippen molar-refractivity contribution in [2.24, 2.45) is 12.0 Å². The van der Waals surface area contributed by atoms with Crippen molar-refractivity contribution < 1.29 is 4.74 Å². The van der Waals surface area contributed by atoms with E-state index in [0.717, 1.165) is 42.7 Å². The number of halogens is 2. The summed E-state index contributed by atoms with van der Waals surface area (Å²) in [5.41, 5.74) is 1.11. The number of guanidine groups is 1. The summed E-state index contributed by atoms with van der Waals surface area (Å²) < 4.78 is 7.24. The monoisotopic (exact) mass is 519 g/mol. The van der Waals surface area contributed by atoms with Crippen LogP contribution in [0.4, 0.5) is 0 Å². The molecule has 0 bridgehead atoms.